The van der Waals surface area contributed by atoms with E-state index in [9.17, 15) is 4.79 Å². The minimum absolute atomic E-state index is 0.177. The van der Waals surface area contributed by atoms with Crippen LogP contribution in [-0.4, -0.2) is 64.1 Å². The first-order valence-electron chi connectivity index (χ1n) is 12.5. The molecule has 38 heavy (non-hydrogen) atoms. The fourth-order valence-electron chi connectivity index (χ4n) is 4.60. The molecule has 0 bridgehead atoms. The van der Waals surface area contributed by atoms with Gasteiger partial charge in [0.25, 0.3) is 5.91 Å². The minimum atomic E-state index is -0.177. The lowest BCUT2D eigenvalue weighted by molar-refractivity contribution is 0.102. The predicted octanol–water partition coefficient (Wildman–Crippen LogP) is 4.01. The summed E-state index contributed by atoms with van der Waals surface area (Å²) < 4.78 is 6.95. The number of benzene rings is 2. The van der Waals surface area contributed by atoms with E-state index in [-0.39, 0.29) is 5.91 Å². The molecule has 0 radical (unpaired) electrons. The highest BCUT2D eigenvalue weighted by Gasteiger charge is 2.25. The largest absolute Gasteiger partial charge is 0.383 e. The highest BCUT2D eigenvalue weighted by Crippen LogP contribution is 2.31. The number of thiazole rings is 1. The summed E-state index contributed by atoms with van der Waals surface area (Å²) >= 11 is 1.57. The van der Waals surface area contributed by atoms with Crippen molar-refractivity contribution in [3.05, 3.63) is 82.0 Å². The molecule has 5 rings (SSSR count). The van der Waals surface area contributed by atoms with Gasteiger partial charge in [0.1, 0.15) is 5.69 Å². The molecule has 1 atom stereocenters. The number of aryl methyl sites for hydroxylation is 1. The summed E-state index contributed by atoms with van der Waals surface area (Å²) in [6.45, 7) is 2.10. The Balaban J connectivity index is 1.22. The van der Waals surface area contributed by atoms with Gasteiger partial charge in [0.15, 0.2) is 5.13 Å². The van der Waals surface area contributed by atoms with Crippen molar-refractivity contribution in [3.63, 3.8) is 0 Å². The maximum absolute atomic E-state index is 13.0. The number of amides is 1. The van der Waals surface area contributed by atoms with Crippen molar-refractivity contribution >= 4 is 22.4 Å². The number of carbonyl (C=O) groups is 1. The van der Waals surface area contributed by atoms with Crippen molar-refractivity contribution in [3.8, 4) is 17.3 Å². The van der Waals surface area contributed by atoms with Gasteiger partial charge in [-0.3, -0.25) is 10.1 Å². The molecule has 0 saturated carbocycles. The number of nitrogens with zero attached hydrogens (tertiary/aromatic N) is 6. The molecule has 194 valence electrons. The zero-order valence-electron chi connectivity index (χ0n) is 21.4. The summed E-state index contributed by atoms with van der Waals surface area (Å²) in [4.78, 5) is 21.3. The van der Waals surface area contributed by atoms with E-state index >= 15 is 0 Å². The Hall–Kier alpha value is -3.91. The van der Waals surface area contributed by atoms with Crippen LogP contribution in [0.2, 0.25) is 0 Å². The molecule has 2 aromatic heterocycles. The average Bonchev–Trinajstić information content (AvgIpc) is 3.58. The van der Waals surface area contributed by atoms with E-state index < -0.39 is 0 Å². The van der Waals surface area contributed by atoms with Gasteiger partial charge in [-0.2, -0.15) is 5.26 Å². The minimum Gasteiger partial charge on any atom is -0.383 e. The lowest BCUT2D eigenvalue weighted by Crippen LogP contribution is -2.38. The van der Waals surface area contributed by atoms with Crippen LogP contribution in [0.4, 0.5) is 5.13 Å². The Morgan fingerprint density at radius 2 is 2.13 bits per heavy atom. The summed E-state index contributed by atoms with van der Waals surface area (Å²) in [5, 5.41) is 21.1. The number of hydrogen-bond donors (Lipinski definition) is 1. The van der Waals surface area contributed by atoms with Crippen LogP contribution in [-0.2, 0) is 24.1 Å². The van der Waals surface area contributed by atoms with E-state index in [4.69, 9.17) is 15.0 Å². The number of nitriles is 1. The number of fused-ring (bicyclic) bond motifs is 1. The molecule has 1 N–H and O–H groups in total. The topological polar surface area (TPSA) is 109 Å². The number of carbonyl (C=O) groups excluding carboxylic acids is 1. The molecule has 9 nitrogen and oxygen atoms in total. The van der Waals surface area contributed by atoms with Crippen LogP contribution in [0.3, 0.4) is 0 Å². The fourth-order valence-corrected chi connectivity index (χ4v) is 5.67. The molecule has 0 aliphatic heterocycles. The molecular weight excluding hydrogens is 498 g/mol. The van der Waals surface area contributed by atoms with Crippen LogP contribution < -0.4 is 5.32 Å². The maximum atomic E-state index is 13.0. The summed E-state index contributed by atoms with van der Waals surface area (Å²) in [5.74, 6) is -0.177. The standard InChI is InChI=1S/C28H29N7O2S/c1-34(12-13-37-2)23-10-11-24-26(15-23)38-28(30-24)31-27(36)22-5-3-4-20(14-22)17-35-18-25(32-33-35)21-8-6-19(16-29)7-9-21/h3-9,14,18,23H,10-13,15,17H2,1-2H3,(H,30,31,36). The quantitative estimate of drug-likeness (QED) is 0.350. The second kappa shape index (κ2) is 11.6. The summed E-state index contributed by atoms with van der Waals surface area (Å²) in [6.07, 6.45) is 4.78. The van der Waals surface area contributed by atoms with Gasteiger partial charge in [0.2, 0.25) is 0 Å². The van der Waals surface area contributed by atoms with Crippen molar-refractivity contribution in [2.45, 2.75) is 31.8 Å². The number of hydrogen-bond acceptors (Lipinski definition) is 8. The molecule has 1 aliphatic carbocycles. The van der Waals surface area contributed by atoms with Gasteiger partial charge in [0.05, 0.1) is 36.7 Å². The lowest BCUT2D eigenvalue weighted by Gasteiger charge is -2.30. The fraction of sp³-hybridized carbons (Fsp3) is 0.321. The van der Waals surface area contributed by atoms with Crippen molar-refractivity contribution < 1.29 is 9.53 Å². The lowest BCUT2D eigenvalue weighted by atomic mass is 9.96. The third-order valence-corrected chi connectivity index (χ3v) is 7.82. The molecule has 0 spiro atoms. The van der Waals surface area contributed by atoms with E-state index in [1.165, 1.54) is 4.88 Å². The normalized spacial score (nSPS) is 14.7. The monoisotopic (exact) mass is 527 g/mol. The van der Waals surface area contributed by atoms with Crippen molar-refractivity contribution in [2.75, 3.05) is 32.6 Å². The van der Waals surface area contributed by atoms with Gasteiger partial charge in [-0.25, -0.2) is 9.67 Å². The number of anilines is 1. The summed E-state index contributed by atoms with van der Waals surface area (Å²) in [5.41, 5.74) is 4.82. The highest BCUT2D eigenvalue weighted by atomic mass is 32.1. The predicted molar refractivity (Wildman–Crippen MR) is 146 cm³/mol. The van der Waals surface area contributed by atoms with E-state index in [0.717, 1.165) is 54.9 Å². The Bertz CT molecular complexity index is 1450. The van der Waals surface area contributed by atoms with Crippen LogP contribution in [0, 0.1) is 11.3 Å². The molecule has 10 heteroatoms. The molecule has 1 amide bonds. The molecule has 4 aromatic rings. The third kappa shape index (κ3) is 5.97. The maximum Gasteiger partial charge on any atom is 0.257 e. The van der Waals surface area contributed by atoms with E-state index in [0.29, 0.717) is 28.8 Å². The molecule has 2 aromatic carbocycles. The van der Waals surface area contributed by atoms with Crippen LogP contribution >= 0.6 is 11.3 Å². The Kier molecular flexibility index (Phi) is 7.89. The Labute approximate surface area is 225 Å². The van der Waals surface area contributed by atoms with Gasteiger partial charge in [-0.15, -0.1) is 16.4 Å². The van der Waals surface area contributed by atoms with E-state index in [2.05, 4.69) is 33.6 Å². The van der Waals surface area contributed by atoms with Crippen molar-refractivity contribution in [2.24, 2.45) is 0 Å². The smallest absolute Gasteiger partial charge is 0.257 e. The summed E-state index contributed by atoms with van der Waals surface area (Å²) in [6, 6.07) is 17.3. The molecule has 2 heterocycles. The first-order chi connectivity index (χ1) is 18.5. The van der Waals surface area contributed by atoms with E-state index in [1.807, 2.05) is 36.5 Å². The van der Waals surface area contributed by atoms with Gasteiger partial charge in [-0.1, -0.05) is 29.5 Å². The van der Waals surface area contributed by atoms with Crippen molar-refractivity contribution in [1.29, 1.82) is 5.26 Å². The number of rotatable bonds is 9. The SMILES string of the molecule is COCCN(C)C1CCc2nc(NC(=O)c3cccc(Cn4cc(-c5ccc(C#N)cc5)nn4)c3)sc2C1. The Morgan fingerprint density at radius 1 is 1.29 bits per heavy atom. The zero-order chi connectivity index (χ0) is 26.5. The van der Waals surface area contributed by atoms with Crippen LogP contribution in [0.5, 0.6) is 0 Å². The number of aromatic nitrogens is 4. The van der Waals surface area contributed by atoms with Gasteiger partial charge >= 0.3 is 0 Å². The van der Waals surface area contributed by atoms with Gasteiger partial charge in [0, 0.05) is 35.7 Å². The number of likely N-dealkylation sites (N-methyl/N-ethyl adjacent to an activating group) is 1. The third-order valence-electron chi connectivity index (χ3n) is 6.79. The summed E-state index contributed by atoms with van der Waals surface area (Å²) in [7, 11) is 3.86. The van der Waals surface area contributed by atoms with Gasteiger partial charge < -0.3 is 9.64 Å². The molecule has 1 aliphatic rings. The second-order valence-corrected chi connectivity index (χ2v) is 10.5. The molecule has 0 fully saturated rings. The number of ether oxygens (including phenoxy) is 1. The average molecular weight is 528 g/mol. The molecular formula is C28H29N7O2S. The first-order valence-corrected chi connectivity index (χ1v) is 13.3. The molecule has 1 unspecified atom stereocenters. The van der Waals surface area contributed by atoms with E-state index in [1.54, 1.807) is 41.3 Å². The number of nitrogens with one attached hydrogen (secondary N) is 1. The van der Waals surface area contributed by atoms with Gasteiger partial charge in [-0.05, 0) is 56.1 Å². The Morgan fingerprint density at radius 3 is 2.92 bits per heavy atom. The zero-order valence-corrected chi connectivity index (χ0v) is 22.2. The van der Waals surface area contributed by atoms with Crippen molar-refractivity contribution in [1.82, 2.24) is 24.9 Å². The molecule has 0 saturated heterocycles. The first kappa shape index (κ1) is 25.7. The van der Waals surface area contributed by atoms with Crippen LogP contribution in [0.25, 0.3) is 11.3 Å². The second-order valence-electron chi connectivity index (χ2n) is 9.40. The van der Waals surface area contributed by atoms with Crippen LogP contribution in [0.15, 0.2) is 54.7 Å². The highest BCUT2D eigenvalue weighted by molar-refractivity contribution is 7.15. The van der Waals surface area contributed by atoms with Crippen LogP contribution in [0.1, 0.15) is 38.5 Å². The number of methoxy groups -OCH3 is 1.